The molecule has 0 aromatic heterocycles. The van der Waals surface area contributed by atoms with Crippen molar-refractivity contribution in [2.24, 2.45) is 11.8 Å². The number of aryl methyl sites for hydroxylation is 2. The fraction of sp³-hybridized carbons (Fsp3) is 0.529. The van der Waals surface area contributed by atoms with Gasteiger partial charge in [-0.2, -0.15) is 0 Å². The molecular weight excluding hydrogens is 1240 g/mol. The van der Waals surface area contributed by atoms with Crippen LogP contribution in [0.15, 0.2) is 146 Å². The lowest BCUT2D eigenvalue weighted by molar-refractivity contribution is -0.169. The third kappa shape index (κ3) is 29.7. The number of rotatable bonds is 43. The molecule has 2 aliphatic carbocycles. The number of allylic oxidation sites excluding steroid dienone is 1. The number of carbonyl (C=O) groups is 3. The highest BCUT2D eigenvalue weighted by atomic mass is 19.1. The Morgan fingerprint density at radius 2 is 1.07 bits per heavy atom. The molecule has 0 spiro atoms. The number of benzene rings is 6. The van der Waals surface area contributed by atoms with Gasteiger partial charge in [0.15, 0.2) is 17.3 Å². The molecule has 1 unspecified atom stereocenters. The highest BCUT2D eigenvalue weighted by molar-refractivity contribution is 5.89. The van der Waals surface area contributed by atoms with Crippen molar-refractivity contribution in [3.63, 3.8) is 0 Å². The molecule has 1 atom stereocenters. The molecule has 2 fully saturated rings. The summed E-state index contributed by atoms with van der Waals surface area (Å²) in [6, 6.07) is 41.8. The zero-order valence-electron chi connectivity index (χ0n) is 60.9. The van der Waals surface area contributed by atoms with Crippen molar-refractivity contribution in [3.05, 3.63) is 174 Å². The van der Waals surface area contributed by atoms with E-state index in [0.29, 0.717) is 60.2 Å². The van der Waals surface area contributed by atoms with Crippen molar-refractivity contribution in [1.29, 1.82) is 0 Å². The monoisotopic (exact) mass is 1360 g/mol. The number of hydrogen-bond donors (Lipinski definition) is 0. The van der Waals surface area contributed by atoms with Crippen LogP contribution in [-0.4, -0.2) is 49.9 Å². The molecule has 538 valence electrons. The van der Waals surface area contributed by atoms with E-state index < -0.39 is 0 Å². The van der Waals surface area contributed by atoms with Crippen LogP contribution in [0.3, 0.4) is 0 Å². The third-order valence-electron chi connectivity index (χ3n) is 19.5. The van der Waals surface area contributed by atoms with Crippen LogP contribution in [0.2, 0.25) is 0 Å². The summed E-state index contributed by atoms with van der Waals surface area (Å²) in [6.45, 7) is 18.7. The molecule has 0 heterocycles. The Labute approximate surface area is 593 Å². The lowest BCUT2D eigenvalue weighted by Gasteiger charge is -2.29. The molecule has 8 rings (SSSR count). The predicted molar refractivity (Wildman–Crippen MR) is 398 cm³/mol. The van der Waals surface area contributed by atoms with Crippen molar-refractivity contribution in [3.8, 4) is 51.0 Å². The number of hydrogen-bond acceptors (Lipinski definition) is 11. The van der Waals surface area contributed by atoms with Gasteiger partial charge < -0.3 is 28.4 Å². The fourth-order valence-corrected chi connectivity index (χ4v) is 13.3. The van der Waals surface area contributed by atoms with E-state index in [1.165, 1.54) is 125 Å². The second kappa shape index (κ2) is 45.3. The zero-order chi connectivity index (χ0) is 70.2. The van der Waals surface area contributed by atoms with E-state index in [-0.39, 0.29) is 48.4 Å². The van der Waals surface area contributed by atoms with Gasteiger partial charge >= 0.3 is 17.9 Å². The zero-order valence-corrected chi connectivity index (χ0v) is 60.9. The van der Waals surface area contributed by atoms with Gasteiger partial charge in [0.25, 0.3) is 0 Å². The number of ether oxygens (including phenoxy) is 6. The van der Waals surface area contributed by atoms with E-state index in [4.69, 9.17) is 38.2 Å². The van der Waals surface area contributed by atoms with Crippen molar-refractivity contribution < 1.29 is 57.0 Å². The molecule has 99 heavy (non-hydrogen) atoms. The SMILES string of the molecule is C=C(CCC(=O)Oc1ccc(-c2ccc(C3CCC(CCCCCC)CC3)cc2C)cc1)OOc1ccc(C(=O)OC(C)CCCCC)cc1.CCCCCC(=O)Oc1ccc(OCCCc2ccc(-c3ccc(OCCCCCCOC4CCC(CCCC)CC4)c(F)c3)cc2)cc1. The first-order valence-electron chi connectivity index (χ1n) is 38.1. The van der Waals surface area contributed by atoms with E-state index >= 15 is 0 Å². The summed E-state index contributed by atoms with van der Waals surface area (Å²) in [5.41, 5.74) is 8.50. The van der Waals surface area contributed by atoms with Crippen LogP contribution in [0.25, 0.3) is 22.3 Å². The Hall–Kier alpha value is -7.44. The minimum absolute atomic E-state index is 0.0898. The van der Waals surface area contributed by atoms with Gasteiger partial charge in [0.2, 0.25) is 0 Å². The molecule has 11 nitrogen and oxygen atoms in total. The van der Waals surface area contributed by atoms with Gasteiger partial charge in [0.05, 0.1) is 37.4 Å². The van der Waals surface area contributed by atoms with Gasteiger partial charge in [-0.05, 0) is 246 Å². The first kappa shape index (κ1) is 78.9. The van der Waals surface area contributed by atoms with E-state index in [9.17, 15) is 18.8 Å². The maximum absolute atomic E-state index is 14.9. The summed E-state index contributed by atoms with van der Waals surface area (Å²) in [5, 5.41) is 0. The molecule has 0 bridgehead atoms. The molecule has 12 heteroatoms. The van der Waals surface area contributed by atoms with Gasteiger partial charge in [-0.3, -0.25) is 19.4 Å². The average Bonchev–Trinajstić information content (AvgIpc) is 0.832. The van der Waals surface area contributed by atoms with Crippen LogP contribution in [0.5, 0.6) is 28.7 Å². The first-order chi connectivity index (χ1) is 48.3. The molecule has 6 aromatic rings. The molecule has 6 aromatic carbocycles. The number of esters is 3. The first-order valence-corrected chi connectivity index (χ1v) is 38.1. The number of unbranched alkanes of at least 4 members (excludes halogenated alkanes) is 11. The van der Waals surface area contributed by atoms with E-state index in [2.05, 4.69) is 71.5 Å². The number of halogens is 1. The maximum Gasteiger partial charge on any atom is 0.338 e. The van der Waals surface area contributed by atoms with E-state index in [1.54, 1.807) is 48.5 Å². The van der Waals surface area contributed by atoms with Crippen LogP contribution in [0.4, 0.5) is 4.39 Å². The lowest BCUT2D eigenvalue weighted by Crippen LogP contribution is -2.22. The molecular formula is C87H117FO11. The molecule has 2 saturated carbocycles. The summed E-state index contributed by atoms with van der Waals surface area (Å²) in [5.74, 6) is 4.05. The number of carbonyl (C=O) groups excluding carboxylic acids is 3. The third-order valence-corrected chi connectivity index (χ3v) is 19.5. The molecule has 0 aliphatic heterocycles. The topological polar surface area (TPSA) is 125 Å². The molecule has 0 saturated heterocycles. The van der Waals surface area contributed by atoms with Gasteiger partial charge in [-0.25, -0.2) is 9.18 Å². The Morgan fingerprint density at radius 3 is 1.74 bits per heavy atom. The molecule has 0 radical (unpaired) electrons. The predicted octanol–water partition coefficient (Wildman–Crippen LogP) is 23.9. The Balaban J connectivity index is 0.000000278. The molecule has 0 N–H and O–H groups in total. The van der Waals surface area contributed by atoms with Crippen LogP contribution in [0.1, 0.15) is 267 Å². The highest BCUT2D eigenvalue weighted by Gasteiger charge is 2.24. The molecule has 2 aliphatic rings. The Kier molecular flexibility index (Phi) is 36.1. The Bertz CT molecular complexity index is 3250. The summed E-state index contributed by atoms with van der Waals surface area (Å²) >= 11 is 0. The summed E-state index contributed by atoms with van der Waals surface area (Å²) in [4.78, 5) is 47.4. The second-order valence-corrected chi connectivity index (χ2v) is 27.7. The highest BCUT2D eigenvalue weighted by Crippen LogP contribution is 2.40. The van der Waals surface area contributed by atoms with Crippen LogP contribution < -0.4 is 23.8 Å². The minimum Gasteiger partial charge on any atom is -0.494 e. The van der Waals surface area contributed by atoms with Gasteiger partial charge in [0, 0.05) is 19.4 Å². The quantitative estimate of drug-likeness (QED) is 0.00907. The largest absolute Gasteiger partial charge is 0.494 e. The van der Waals surface area contributed by atoms with Crippen LogP contribution in [0, 0.1) is 24.6 Å². The lowest BCUT2D eigenvalue weighted by atomic mass is 9.76. The summed E-state index contributed by atoms with van der Waals surface area (Å²) in [7, 11) is 0. The smallest absolute Gasteiger partial charge is 0.338 e. The van der Waals surface area contributed by atoms with Crippen molar-refractivity contribution >= 4 is 17.9 Å². The van der Waals surface area contributed by atoms with Crippen LogP contribution in [-0.2, 0) is 30.4 Å². The summed E-state index contributed by atoms with van der Waals surface area (Å²) < 4.78 is 49.1. The standard InChI is InChI=1S/C44H58O6.C43H59FO5/c1-6-8-10-12-14-35-16-18-36(19-17-35)39-24-29-42(32(3)31-39)37-20-25-40(26-21-37)48-43(45)30-15-34(5)49-50-41-27-22-38(23-28-41)44(46)47-33(4)13-11-9-7-2;1-3-5-9-15-43(45)49-40-27-25-39(26-28-40)47-32-12-14-35-16-20-36(21-17-35)37-22-29-42(41(44)33-37)48-31-11-8-7-10-30-46-38-23-18-34(19-24-38)13-6-4-2/h20-29,31,33,35-36H,5-19,30H2,1-4H3;16-17,20-22,25-29,33-34,38H,3-15,18-19,23-24,30-32H2,1-2H3. The average molecular weight is 1360 g/mol. The Morgan fingerprint density at radius 1 is 0.505 bits per heavy atom. The van der Waals surface area contributed by atoms with Gasteiger partial charge in [-0.1, -0.05) is 178 Å². The van der Waals surface area contributed by atoms with Gasteiger partial charge in [0.1, 0.15) is 23.0 Å². The van der Waals surface area contributed by atoms with E-state index in [0.717, 1.165) is 124 Å². The second-order valence-electron chi connectivity index (χ2n) is 27.7. The minimum atomic E-state index is -0.384. The maximum atomic E-state index is 14.9. The summed E-state index contributed by atoms with van der Waals surface area (Å²) in [6.07, 6.45) is 35.6. The van der Waals surface area contributed by atoms with E-state index in [1.807, 2.05) is 61.5 Å². The van der Waals surface area contributed by atoms with Crippen molar-refractivity contribution in [2.75, 3.05) is 19.8 Å². The molecule has 0 amide bonds. The van der Waals surface area contributed by atoms with Crippen molar-refractivity contribution in [1.82, 2.24) is 0 Å². The fourth-order valence-electron chi connectivity index (χ4n) is 13.3. The van der Waals surface area contributed by atoms with Crippen LogP contribution >= 0.6 is 0 Å². The van der Waals surface area contributed by atoms with Crippen molar-refractivity contribution in [2.45, 2.75) is 265 Å². The normalized spacial score (nSPS) is 16.2. The van der Waals surface area contributed by atoms with Gasteiger partial charge in [-0.15, -0.1) is 0 Å².